The van der Waals surface area contributed by atoms with Gasteiger partial charge in [-0.05, 0) is 55.9 Å². The predicted molar refractivity (Wildman–Crippen MR) is 179 cm³/mol. The third-order valence-electron chi connectivity index (χ3n) is 8.35. The fourth-order valence-corrected chi connectivity index (χ4v) is 5.67. The van der Waals surface area contributed by atoms with Gasteiger partial charge in [0.15, 0.2) is 6.61 Å². The lowest BCUT2D eigenvalue weighted by atomic mass is 9.92. The smallest absolute Gasteiger partial charge is 0.458 e. The Balaban J connectivity index is 0.000000450. The summed E-state index contributed by atoms with van der Waals surface area (Å²) in [4.78, 5) is 59.7. The van der Waals surface area contributed by atoms with Crippen molar-refractivity contribution in [2.24, 2.45) is 0 Å². The van der Waals surface area contributed by atoms with Crippen molar-refractivity contribution in [2.75, 3.05) is 48.3 Å². The van der Waals surface area contributed by atoms with Gasteiger partial charge in [-0.1, -0.05) is 31.2 Å². The van der Waals surface area contributed by atoms with Crippen molar-refractivity contribution < 1.29 is 55.4 Å². The second-order valence-electron chi connectivity index (χ2n) is 12.0. The second-order valence-corrected chi connectivity index (χ2v) is 12.0. The highest BCUT2D eigenvalue weighted by atomic mass is 19.4. The molecule has 0 radical (unpaired) electrons. The van der Waals surface area contributed by atoms with E-state index in [2.05, 4.69) is 43.0 Å². The molecule has 1 amide bonds. The molecule has 2 aliphatic rings. The number of ether oxygens (including phenoxy) is 1. The highest BCUT2D eigenvalue weighted by Crippen LogP contribution is 2.33. The number of alkyl halides is 6. The molecule has 0 bridgehead atoms. The minimum absolute atomic E-state index is 0.0318. The van der Waals surface area contributed by atoms with Crippen molar-refractivity contribution in [3.8, 4) is 5.75 Å². The van der Waals surface area contributed by atoms with Crippen LogP contribution < -0.4 is 25.6 Å². The largest absolute Gasteiger partial charge is 0.484 e. The molecule has 3 aromatic rings. The van der Waals surface area contributed by atoms with Gasteiger partial charge in [0.1, 0.15) is 35.6 Å². The number of piperidine rings is 1. The lowest BCUT2D eigenvalue weighted by molar-refractivity contribution is -0.193. The van der Waals surface area contributed by atoms with Gasteiger partial charge in [-0.2, -0.15) is 26.3 Å². The van der Waals surface area contributed by atoms with E-state index in [9.17, 15) is 50.6 Å². The number of halogens is 6. The van der Waals surface area contributed by atoms with Crippen molar-refractivity contribution in [3.63, 3.8) is 0 Å². The number of hydrogen-bond acceptors (Lipinski definition) is 11. The molecular formula is C34H37F6N7O6. The SMILES string of the molecule is CCc1c(NC[C@H](NC(=O)COc2ccccc2)C(=O)O)ncnc1N1CCC(c2ccc3c(n2)NCCC3)CC1.O=C(C(=O)C(F)(F)F)C(F)(F)F. The molecule has 0 saturated carbocycles. The van der Waals surface area contributed by atoms with E-state index >= 15 is 0 Å². The van der Waals surface area contributed by atoms with Crippen LogP contribution >= 0.6 is 0 Å². The molecule has 13 nitrogen and oxygen atoms in total. The zero-order valence-corrected chi connectivity index (χ0v) is 28.4. The van der Waals surface area contributed by atoms with E-state index < -0.39 is 41.8 Å². The van der Waals surface area contributed by atoms with E-state index in [0.29, 0.717) is 23.9 Å². The highest BCUT2D eigenvalue weighted by Gasteiger charge is 2.54. The zero-order chi connectivity index (χ0) is 38.8. The fraction of sp³-hybridized carbons (Fsp3) is 0.441. The molecule has 2 aromatic heterocycles. The van der Waals surface area contributed by atoms with Gasteiger partial charge >= 0.3 is 29.9 Å². The summed E-state index contributed by atoms with van der Waals surface area (Å²) >= 11 is 0. The first-order valence-corrected chi connectivity index (χ1v) is 16.6. The Morgan fingerprint density at radius 3 is 2.25 bits per heavy atom. The maximum absolute atomic E-state index is 12.4. The Hall–Kier alpha value is -5.49. The number of benzene rings is 1. The normalized spacial score (nSPS) is 15.1. The van der Waals surface area contributed by atoms with E-state index in [1.54, 1.807) is 24.3 Å². The van der Waals surface area contributed by atoms with Gasteiger partial charge in [0.2, 0.25) is 0 Å². The molecule has 19 heteroatoms. The summed E-state index contributed by atoms with van der Waals surface area (Å²) in [5.41, 5.74) is 3.37. The molecule has 1 aromatic carbocycles. The fourth-order valence-electron chi connectivity index (χ4n) is 5.67. The standard InChI is InChI=1S/C30H37N7O4.C4F6O2/c1-2-23-28(32-17-25(30(39)40)35-26(38)18-41-22-8-4-3-5-9-22)33-19-34-29(23)37-15-12-20(13-16-37)24-11-10-21-7-6-14-31-27(21)36-24;5-3(6,7)1(11)2(12)4(8,9)10/h3-5,8-11,19-20,25H,2,6-7,12-18H2,1H3,(H,31,36)(H,35,38)(H,39,40)(H,32,33,34);/t25-;/m0./s1. The maximum Gasteiger partial charge on any atom is 0.458 e. The van der Waals surface area contributed by atoms with Crippen molar-refractivity contribution in [2.45, 2.75) is 63.3 Å². The number of fused-ring (bicyclic) bond motifs is 1. The van der Waals surface area contributed by atoms with Gasteiger partial charge in [-0.3, -0.25) is 14.4 Å². The Bertz CT molecular complexity index is 1730. The monoisotopic (exact) mass is 753 g/mol. The lowest BCUT2D eigenvalue weighted by Crippen LogP contribution is -2.47. The summed E-state index contributed by atoms with van der Waals surface area (Å²) in [5.74, 6) is -5.08. The molecule has 4 N–H and O–H groups in total. The quantitative estimate of drug-likeness (QED) is 0.151. The first-order valence-electron chi connectivity index (χ1n) is 16.6. The summed E-state index contributed by atoms with van der Waals surface area (Å²) in [6.07, 6.45) is -5.19. The predicted octanol–water partition coefficient (Wildman–Crippen LogP) is 4.49. The van der Waals surface area contributed by atoms with E-state index in [-0.39, 0.29) is 13.2 Å². The number of aryl methyl sites for hydroxylation is 1. The van der Waals surface area contributed by atoms with Gasteiger partial charge in [-0.15, -0.1) is 0 Å². The maximum atomic E-state index is 12.4. The molecule has 0 unspecified atom stereocenters. The number of pyridine rings is 1. The van der Waals surface area contributed by atoms with Crippen molar-refractivity contribution >= 4 is 40.9 Å². The molecule has 4 heterocycles. The molecule has 0 aliphatic carbocycles. The molecule has 1 fully saturated rings. The number of rotatable bonds is 12. The van der Waals surface area contributed by atoms with Crippen LogP contribution in [0, 0.1) is 0 Å². The van der Waals surface area contributed by atoms with E-state index in [1.165, 1.54) is 11.9 Å². The molecular weight excluding hydrogens is 716 g/mol. The third kappa shape index (κ3) is 11.2. The zero-order valence-electron chi connectivity index (χ0n) is 28.4. The number of carboxylic acids is 1. The molecule has 5 rings (SSSR count). The Kier molecular flexibility index (Phi) is 13.5. The minimum Gasteiger partial charge on any atom is -0.484 e. The average molecular weight is 754 g/mol. The lowest BCUT2D eigenvalue weighted by Gasteiger charge is -2.34. The van der Waals surface area contributed by atoms with Crippen LogP contribution in [0.2, 0.25) is 0 Å². The number of carboxylic acid groups (broad SMARTS) is 1. The van der Waals surface area contributed by atoms with E-state index in [1.807, 2.05) is 13.0 Å². The van der Waals surface area contributed by atoms with Gasteiger partial charge in [0, 0.05) is 43.4 Å². The summed E-state index contributed by atoms with van der Waals surface area (Å²) < 4.78 is 72.4. The topological polar surface area (TPSA) is 176 Å². The van der Waals surface area contributed by atoms with Gasteiger partial charge in [0.05, 0.1) is 0 Å². The van der Waals surface area contributed by atoms with Crippen molar-refractivity contribution in [1.82, 2.24) is 20.3 Å². The average Bonchev–Trinajstić information content (AvgIpc) is 3.14. The number of nitrogens with one attached hydrogen (secondary N) is 3. The highest BCUT2D eigenvalue weighted by molar-refractivity contribution is 6.41. The number of ketones is 2. The Morgan fingerprint density at radius 2 is 1.64 bits per heavy atom. The van der Waals surface area contributed by atoms with Gasteiger partial charge in [-0.25, -0.2) is 19.7 Å². The number of hydrogen-bond donors (Lipinski definition) is 4. The molecule has 286 valence electrons. The van der Waals surface area contributed by atoms with Crippen LogP contribution in [-0.2, 0) is 32.0 Å². The van der Waals surface area contributed by atoms with Crippen molar-refractivity contribution in [3.05, 3.63) is 65.6 Å². The van der Waals surface area contributed by atoms with Crippen LogP contribution in [0.5, 0.6) is 5.75 Å². The number of amides is 1. The van der Waals surface area contributed by atoms with E-state index in [0.717, 1.165) is 68.2 Å². The number of nitrogens with zero attached hydrogens (tertiary/aromatic N) is 4. The number of carbonyl (C=O) groups excluding carboxylic acids is 3. The second kappa shape index (κ2) is 17.8. The third-order valence-corrected chi connectivity index (χ3v) is 8.35. The number of carbonyl (C=O) groups is 4. The summed E-state index contributed by atoms with van der Waals surface area (Å²) in [6, 6.07) is 12.1. The van der Waals surface area contributed by atoms with Crippen LogP contribution in [0.25, 0.3) is 0 Å². The van der Waals surface area contributed by atoms with Gasteiger partial charge < -0.3 is 30.7 Å². The number of aromatic nitrogens is 3. The van der Waals surface area contributed by atoms with E-state index in [4.69, 9.17) is 9.72 Å². The molecule has 1 saturated heterocycles. The van der Waals surface area contributed by atoms with Gasteiger partial charge in [0.25, 0.3) is 5.91 Å². The van der Waals surface area contributed by atoms with Crippen LogP contribution in [0.4, 0.5) is 43.8 Å². The molecule has 53 heavy (non-hydrogen) atoms. The summed E-state index contributed by atoms with van der Waals surface area (Å²) in [7, 11) is 0. The molecule has 2 aliphatic heterocycles. The summed E-state index contributed by atoms with van der Waals surface area (Å²) in [6.45, 7) is 4.38. The van der Waals surface area contributed by atoms with Crippen LogP contribution in [-0.4, -0.2) is 94.7 Å². The molecule has 0 spiro atoms. The number of Topliss-reactive ketones (excluding diaryl/α,β-unsaturated/α-hetero) is 2. The molecule has 1 atom stereocenters. The van der Waals surface area contributed by atoms with Crippen LogP contribution in [0.3, 0.4) is 0 Å². The number of aliphatic carboxylic acids is 1. The van der Waals surface area contributed by atoms with Crippen molar-refractivity contribution in [1.29, 1.82) is 0 Å². The minimum atomic E-state index is -5.77. The number of para-hydroxylation sites is 1. The van der Waals surface area contributed by atoms with Crippen LogP contribution in [0.15, 0.2) is 48.8 Å². The Labute approximate surface area is 299 Å². The number of anilines is 3. The van der Waals surface area contributed by atoms with Crippen LogP contribution in [0.1, 0.15) is 48.9 Å². The first kappa shape index (κ1) is 40.3. The summed E-state index contributed by atoms with van der Waals surface area (Å²) in [5, 5.41) is 18.8. The Morgan fingerprint density at radius 1 is 0.981 bits per heavy atom. The first-order chi connectivity index (χ1) is 25.1.